The second-order valence-corrected chi connectivity index (χ2v) is 9.93. The molecular formula is C23H26N4O6S. The predicted molar refractivity (Wildman–Crippen MR) is 125 cm³/mol. The number of nitrogens with one attached hydrogen (secondary N) is 3. The molecule has 11 heteroatoms. The minimum absolute atomic E-state index is 0.0108. The van der Waals surface area contributed by atoms with Crippen LogP contribution in [0, 0.1) is 0 Å². The van der Waals surface area contributed by atoms with Gasteiger partial charge in [-0.3, -0.25) is 19.2 Å². The number of carbonyl (C=O) groups excluding carboxylic acids is 3. The van der Waals surface area contributed by atoms with Crippen molar-refractivity contribution in [2.45, 2.75) is 43.0 Å². The highest BCUT2D eigenvalue weighted by molar-refractivity contribution is 7.92. The van der Waals surface area contributed by atoms with Crippen LogP contribution in [-0.2, 0) is 19.6 Å². The SMILES string of the molecule is CCOc1ccc(NS(=O)(=O)c2ccc(NC(=O)CN3C(=O)NC4(CCCC4)C3=O)cc2)cc1. The Bertz CT molecular complexity index is 1190. The Kier molecular flexibility index (Phi) is 6.47. The average molecular weight is 487 g/mol. The Morgan fingerprint density at radius 2 is 1.65 bits per heavy atom. The summed E-state index contributed by atoms with van der Waals surface area (Å²) in [4.78, 5) is 38.3. The van der Waals surface area contributed by atoms with Crippen molar-refractivity contribution in [3.63, 3.8) is 0 Å². The molecule has 1 aliphatic carbocycles. The number of ether oxygens (including phenoxy) is 1. The van der Waals surface area contributed by atoms with E-state index in [1.807, 2.05) is 6.92 Å². The molecule has 0 radical (unpaired) electrons. The first kappa shape index (κ1) is 23.6. The van der Waals surface area contributed by atoms with Crippen molar-refractivity contribution in [1.82, 2.24) is 10.2 Å². The molecule has 1 spiro atoms. The van der Waals surface area contributed by atoms with E-state index in [2.05, 4.69) is 15.4 Å². The van der Waals surface area contributed by atoms with Gasteiger partial charge in [0.05, 0.1) is 11.5 Å². The van der Waals surface area contributed by atoms with Gasteiger partial charge in [-0.2, -0.15) is 0 Å². The summed E-state index contributed by atoms with van der Waals surface area (Å²) in [7, 11) is -3.84. The number of hydrogen-bond donors (Lipinski definition) is 3. The summed E-state index contributed by atoms with van der Waals surface area (Å²) in [6.45, 7) is 1.96. The van der Waals surface area contributed by atoms with Crippen LogP contribution in [0.3, 0.4) is 0 Å². The number of amides is 4. The average Bonchev–Trinajstić information content (AvgIpc) is 3.36. The van der Waals surface area contributed by atoms with E-state index < -0.39 is 34.0 Å². The maximum atomic E-state index is 12.7. The van der Waals surface area contributed by atoms with E-state index >= 15 is 0 Å². The third-order valence-corrected chi connectivity index (χ3v) is 7.27. The van der Waals surface area contributed by atoms with Crippen molar-refractivity contribution in [1.29, 1.82) is 0 Å². The summed E-state index contributed by atoms with van der Waals surface area (Å²) in [5, 5.41) is 5.32. The predicted octanol–water partition coefficient (Wildman–Crippen LogP) is 2.69. The standard InChI is InChI=1S/C23H26N4O6S/c1-2-33-18-9-5-17(6-10-18)26-34(31,32)19-11-7-16(8-12-19)24-20(28)15-27-21(29)23(25-22(27)30)13-3-4-14-23/h5-12,26H,2-4,13-15H2,1H3,(H,24,28)(H,25,30). The van der Waals surface area contributed by atoms with Crippen molar-refractivity contribution in [2.24, 2.45) is 0 Å². The maximum Gasteiger partial charge on any atom is 0.325 e. The fourth-order valence-electron chi connectivity index (χ4n) is 4.20. The van der Waals surface area contributed by atoms with Gasteiger partial charge in [0, 0.05) is 11.4 Å². The molecule has 0 unspecified atom stereocenters. The molecule has 1 saturated heterocycles. The first-order chi connectivity index (χ1) is 16.2. The number of anilines is 2. The smallest absolute Gasteiger partial charge is 0.325 e. The van der Waals surface area contributed by atoms with Crippen molar-refractivity contribution in [2.75, 3.05) is 23.2 Å². The molecule has 1 saturated carbocycles. The van der Waals surface area contributed by atoms with Gasteiger partial charge in [0.25, 0.3) is 15.9 Å². The van der Waals surface area contributed by atoms with Crippen LogP contribution in [0.15, 0.2) is 53.4 Å². The van der Waals surface area contributed by atoms with E-state index in [9.17, 15) is 22.8 Å². The van der Waals surface area contributed by atoms with Gasteiger partial charge in [-0.1, -0.05) is 12.8 Å². The van der Waals surface area contributed by atoms with E-state index in [4.69, 9.17) is 4.74 Å². The summed E-state index contributed by atoms with van der Waals surface area (Å²) < 4.78 is 33.1. The number of nitrogens with zero attached hydrogens (tertiary/aromatic N) is 1. The van der Waals surface area contributed by atoms with Gasteiger partial charge in [-0.25, -0.2) is 13.2 Å². The second-order valence-electron chi connectivity index (χ2n) is 8.25. The van der Waals surface area contributed by atoms with Crippen LogP contribution in [0.2, 0.25) is 0 Å². The lowest BCUT2D eigenvalue weighted by Gasteiger charge is -2.19. The highest BCUT2D eigenvalue weighted by Crippen LogP contribution is 2.35. The van der Waals surface area contributed by atoms with Crippen molar-refractivity contribution >= 4 is 39.2 Å². The van der Waals surface area contributed by atoms with Gasteiger partial charge < -0.3 is 15.4 Å². The molecule has 1 aliphatic heterocycles. The van der Waals surface area contributed by atoms with E-state index in [0.717, 1.165) is 17.7 Å². The van der Waals surface area contributed by atoms with E-state index in [0.29, 0.717) is 36.6 Å². The highest BCUT2D eigenvalue weighted by Gasteiger charge is 2.52. The fraction of sp³-hybridized carbons (Fsp3) is 0.348. The Hall–Kier alpha value is -3.60. The third-order valence-electron chi connectivity index (χ3n) is 5.87. The minimum Gasteiger partial charge on any atom is -0.494 e. The van der Waals surface area contributed by atoms with Gasteiger partial charge in [0.2, 0.25) is 5.91 Å². The molecule has 2 aromatic rings. The Morgan fingerprint density at radius 3 is 2.26 bits per heavy atom. The number of sulfonamides is 1. The van der Waals surface area contributed by atoms with Crippen LogP contribution in [0.5, 0.6) is 5.75 Å². The lowest BCUT2D eigenvalue weighted by atomic mass is 9.98. The quantitative estimate of drug-likeness (QED) is 0.491. The van der Waals surface area contributed by atoms with Crippen molar-refractivity contribution in [3.8, 4) is 5.75 Å². The highest BCUT2D eigenvalue weighted by atomic mass is 32.2. The van der Waals surface area contributed by atoms with Crippen LogP contribution < -0.4 is 20.1 Å². The topological polar surface area (TPSA) is 134 Å². The van der Waals surface area contributed by atoms with Crippen LogP contribution in [0.25, 0.3) is 0 Å². The van der Waals surface area contributed by atoms with Gasteiger partial charge >= 0.3 is 6.03 Å². The molecule has 3 N–H and O–H groups in total. The first-order valence-electron chi connectivity index (χ1n) is 11.0. The maximum absolute atomic E-state index is 12.7. The van der Waals surface area contributed by atoms with Crippen molar-refractivity contribution < 1.29 is 27.5 Å². The van der Waals surface area contributed by atoms with Crippen LogP contribution in [0.4, 0.5) is 16.2 Å². The van der Waals surface area contributed by atoms with Crippen LogP contribution >= 0.6 is 0 Å². The number of hydrogen-bond acceptors (Lipinski definition) is 6. The fourth-order valence-corrected chi connectivity index (χ4v) is 5.26. The van der Waals surface area contributed by atoms with Crippen molar-refractivity contribution in [3.05, 3.63) is 48.5 Å². The lowest BCUT2D eigenvalue weighted by molar-refractivity contribution is -0.133. The largest absolute Gasteiger partial charge is 0.494 e. The Labute approximate surface area is 197 Å². The monoisotopic (exact) mass is 486 g/mol. The van der Waals surface area contributed by atoms with Gasteiger partial charge in [-0.05, 0) is 68.3 Å². The lowest BCUT2D eigenvalue weighted by Crippen LogP contribution is -2.44. The Morgan fingerprint density at radius 1 is 1.03 bits per heavy atom. The summed E-state index contributed by atoms with van der Waals surface area (Å²) in [5.41, 5.74) is -0.147. The second kappa shape index (κ2) is 9.34. The normalized spacial score (nSPS) is 17.0. The molecule has 4 rings (SSSR count). The van der Waals surface area contributed by atoms with E-state index in [1.165, 1.54) is 24.3 Å². The molecular weight excluding hydrogens is 460 g/mol. The van der Waals surface area contributed by atoms with Crippen LogP contribution in [0.1, 0.15) is 32.6 Å². The van der Waals surface area contributed by atoms with Gasteiger partial charge in [0.1, 0.15) is 17.8 Å². The molecule has 0 atom stereocenters. The molecule has 180 valence electrons. The molecule has 2 aliphatic rings. The zero-order valence-electron chi connectivity index (χ0n) is 18.7. The minimum atomic E-state index is -3.84. The summed E-state index contributed by atoms with van der Waals surface area (Å²) in [6, 6.07) is 11.6. The van der Waals surface area contributed by atoms with Gasteiger partial charge in [0.15, 0.2) is 0 Å². The van der Waals surface area contributed by atoms with E-state index in [1.54, 1.807) is 24.3 Å². The molecule has 2 aromatic carbocycles. The zero-order chi connectivity index (χ0) is 24.3. The molecule has 1 heterocycles. The molecule has 2 fully saturated rings. The first-order valence-corrected chi connectivity index (χ1v) is 12.5. The number of urea groups is 1. The molecule has 34 heavy (non-hydrogen) atoms. The number of benzene rings is 2. The number of carbonyl (C=O) groups is 3. The summed E-state index contributed by atoms with van der Waals surface area (Å²) in [6.07, 6.45) is 2.87. The van der Waals surface area contributed by atoms with Gasteiger partial charge in [-0.15, -0.1) is 0 Å². The Balaban J connectivity index is 1.36. The zero-order valence-corrected chi connectivity index (χ0v) is 19.5. The van der Waals surface area contributed by atoms with E-state index in [-0.39, 0.29) is 10.8 Å². The molecule has 10 nitrogen and oxygen atoms in total. The molecule has 0 bridgehead atoms. The summed E-state index contributed by atoms with van der Waals surface area (Å²) in [5.74, 6) is -0.286. The van der Waals surface area contributed by atoms with Crippen LogP contribution in [-0.4, -0.2) is 49.9 Å². The number of rotatable bonds is 8. The number of imide groups is 1. The summed E-state index contributed by atoms with van der Waals surface area (Å²) >= 11 is 0. The molecule has 4 amide bonds. The third kappa shape index (κ3) is 4.84. The molecule has 0 aromatic heterocycles.